The molecule has 6 heteroatoms. The summed E-state index contributed by atoms with van der Waals surface area (Å²) >= 11 is 0. The number of nitrogens with zero attached hydrogens (tertiary/aromatic N) is 1. The van der Waals surface area contributed by atoms with E-state index in [4.69, 9.17) is 9.84 Å². The molecule has 2 N–H and O–H groups in total. The molecule has 1 amide bonds. The number of amides is 1. The fourth-order valence-corrected chi connectivity index (χ4v) is 1.86. The summed E-state index contributed by atoms with van der Waals surface area (Å²) in [4.78, 5) is 24.9. The summed E-state index contributed by atoms with van der Waals surface area (Å²) in [5.41, 5.74) is -0.246. The average molecular weight is 272 g/mol. The fraction of sp³-hybridized carbons (Fsp3) is 0.846. The monoisotopic (exact) mass is 272 g/mol. The number of carboxylic acid groups (broad SMARTS) is 1. The van der Waals surface area contributed by atoms with Crippen molar-refractivity contribution in [1.29, 1.82) is 0 Å². The second kappa shape index (κ2) is 6.34. The van der Waals surface area contributed by atoms with E-state index in [9.17, 15) is 9.59 Å². The lowest BCUT2D eigenvalue weighted by Crippen LogP contribution is -2.56. The first kappa shape index (κ1) is 15.9. The fourth-order valence-electron chi connectivity index (χ4n) is 1.86. The van der Waals surface area contributed by atoms with Crippen molar-refractivity contribution in [2.75, 3.05) is 19.7 Å². The van der Waals surface area contributed by atoms with Crippen LogP contribution in [0.4, 0.5) is 0 Å². The van der Waals surface area contributed by atoms with E-state index < -0.39 is 12.1 Å². The molecule has 0 bridgehead atoms. The third-order valence-corrected chi connectivity index (χ3v) is 3.65. The smallest absolute Gasteiger partial charge is 0.334 e. The predicted octanol–water partition coefficient (Wildman–Crippen LogP) is 0.465. The Bertz CT molecular complexity index is 344. The second-order valence-corrected chi connectivity index (χ2v) is 5.60. The van der Waals surface area contributed by atoms with Gasteiger partial charge in [0, 0.05) is 18.6 Å². The SMILES string of the molecule is CCC(C)(C)NC(=O)C(C)N1CCOC(C(=O)O)C1. The van der Waals surface area contributed by atoms with E-state index in [2.05, 4.69) is 5.32 Å². The van der Waals surface area contributed by atoms with Crippen LogP contribution in [0.3, 0.4) is 0 Å². The topological polar surface area (TPSA) is 78.9 Å². The molecule has 1 heterocycles. The van der Waals surface area contributed by atoms with Crippen molar-refractivity contribution < 1.29 is 19.4 Å². The van der Waals surface area contributed by atoms with Gasteiger partial charge in [-0.25, -0.2) is 4.79 Å². The van der Waals surface area contributed by atoms with Crippen LogP contribution in [0.15, 0.2) is 0 Å². The number of hydrogen-bond acceptors (Lipinski definition) is 4. The van der Waals surface area contributed by atoms with Gasteiger partial charge in [-0.3, -0.25) is 9.69 Å². The Morgan fingerprint density at radius 2 is 2.16 bits per heavy atom. The van der Waals surface area contributed by atoms with E-state index in [1.807, 2.05) is 25.7 Å². The molecule has 2 atom stereocenters. The third kappa shape index (κ3) is 4.47. The molecule has 1 rings (SSSR count). The standard InChI is InChI=1S/C13H24N2O4/c1-5-13(3,4)14-11(16)9(2)15-6-7-19-10(8-15)12(17)18/h9-10H,5-8H2,1-4H3,(H,14,16)(H,17,18). The normalized spacial score (nSPS) is 22.8. The molecule has 110 valence electrons. The molecular weight excluding hydrogens is 248 g/mol. The molecule has 0 saturated carbocycles. The molecular formula is C13H24N2O4. The van der Waals surface area contributed by atoms with Gasteiger partial charge in [0.2, 0.25) is 5.91 Å². The zero-order chi connectivity index (χ0) is 14.6. The van der Waals surface area contributed by atoms with E-state index >= 15 is 0 Å². The number of carbonyl (C=O) groups is 2. The molecule has 0 aliphatic carbocycles. The first-order valence-corrected chi connectivity index (χ1v) is 6.67. The summed E-state index contributed by atoms with van der Waals surface area (Å²) < 4.78 is 5.15. The van der Waals surface area contributed by atoms with Gasteiger partial charge >= 0.3 is 5.97 Å². The number of aliphatic carboxylic acids is 1. The lowest BCUT2D eigenvalue weighted by Gasteiger charge is -2.36. The van der Waals surface area contributed by atoms with Gasteiger partial charge < -0.3 is 15.2 Å². The summed E-state index contributed by atoms with van der Waals surface area (Å²) in [5, 5.41) is 11.9. The highest BCUT2D eigenvalue weighted by Gasteiger charge is 2.32. The predicted molar refractivity (Wildman–Crippen MR) is 70.9 cm³/mol. The Labute approximate surface area is 114 Å². The molecule has 1 fully saturated rings. The van der Waals surface area contributed by atoms with Gasteiger partial charge in [-0.15, -0.1) is 0 Å². The molecule has 1 aliphatic heterocycles. The molecule has 0 spiro atoms. The minimum atomic E-state index is -0.980. The number of rotatable bonds is 5. The summed E-state index contributed by atoms with van der Waals surface area (Å²) in [6.07, 6.45) is -0.00467. The highest BCUT2D eigenvalue weighted by Crippen LogP contribution is 2.12. The number of carboxylic acids is 1. The number of carbonyl (C=O) groups excluding carboxylic acids is 1. The van der Waals surface area contributed by atoms with Crippen LogP contribution in [0, 0.1) is 0 Å². The molecule has 1 aliphatic rings. The third-order valence-electron chi connectivity index (χ3n) is 3.65. The Balaban J connectivity index is 2.59. The van der Waals surface area contributed by atoms with Gasteiger partial charge in [0.1, 0.15) is 0 Å². The van der Waals surface area contributed by atoms with Crippen molar-refractivity contribution >= 4 is 11.9 Å². The van der Waals surface area contributed by atoms with E-state index in [-0.39, 0.29) is 24.0 Å². The number of morpholine rings is 1. The molecule has 6 nitrogen and oxygen atoms in total. The zero-order valence-electron chi connectivity index (χ0n) is 12.1. The van der Waals surface area contributed by atoms with Crippen molar-refractivity contribution in [3.05, 3.63) is 0 Å². The van der Waals surface area contributed by atoms with Gasteiger partial charge in [0.05, 0.1) is 12.6 Å². The Kier molecular flexibility index (Phi) is 5.31. The number of nitrogens with one attached hydrogen (secondary N) is 1. The Morgan fingerprint density at radius 3 is 2.68 bits per heavy atom. The Morgan fingerprint density at radius 1 is 1.53 bits per heavy atom. The van der Waals surface area contributed by atoms with Crippen molar-refractivity contribution in [3.63, 3.8) is 0 Å². The van der Waals surface area contributed by atoms with Gasteiger partial charge in [0.15, 0.2) is 6.10 Å². The minimum Gasteiger partial charge on any atom is -0.479 e. The molecule has 19 heavy (non-hydrogen) atoms. The average Bonchev–Trinajstić information content (AvgIpc) is 2.37. The minimum absolute atomic E-state index is 0.0714. The van der Waals surface area contributed by atoms with Crippen LogP contribution in [-0.2, 0) is 14.3 Å². The zero-order valence-corrected chi connectivity index (χ0v) is 12.1. The highest BCUT2D eigenvalue weighted by atomic mass is 16.5. The lowest BCUT2D eigenvalue weighted by atomic mass is 10.0. The molecule has 0 aromatic carbocycles. The van der Waals surface area contributed by atoms with E-state index in [1.165, 1.54) is 0 Å². The van der Waals surface area contributed by atoms with Crippen LogP contribution >= 0.6 is 0 Å². The van der Waals surface area contributed by atoms with Crippen molar-refractivity contribution in [1.82, 2.24) is 10.2 Å². The summed E-state index contributed by atoms with van der Waals surface area (Å²) in [6.45, 7) is 8.91. The second-order valence-electron chi connectivity index (χ2n) is 5.60. The van der Waals surface area contributed by atoms with Crippen LogP contribution in [0.1, 0.15) is 34.1 Å². The number of ether oxygens (including phenoxy) is 1. The first-order chi connectivity index (χ1) is 8.76. The highest BCUT2D eigenvalue weighted by molar-refractivity contribution is 5.82. The largest absolute Gasteiger partial charge is 0.479 e. The van der Waals surface area contributed by atoms with Gasteiger partial charge in [-0.1, -0.05) is 6.92 Å². The summed E-state index contributed by atoms with van der Waals surface area (Å²) in [5.74, 6) is -1.05. The van der Waals surface area contributed by atoms with Gasteiger partial charge in [-0.05, 0) is 27.2 Å². The summed E-state index contributed by atoms with van der Waals surface area (Å²) in [6, 6.07) is -0.350. The van der Waals surface area contributed by atoms with Crippen LogP contribution in [0.5, 0.6) is 0 Å². The van der Waals surface area contributed by atoms with Crippen molar-refractivity contribution in [2.24, 2.45) is 0 Å². The molecule has 0 radical (unpaired) electrons. The van der Waals surface area contributed by atoms with Crippen LogP contribution in [0.2, 0.25) is 0 Å². The van der Waals surface area contributed by atoms with Crippen LogP contribution in [0.25, 0.3) is 0 Å². The molecule has 1 saturated heterocycles. The maximum atomic E-state index is 12.2. The van der Waals surface area contributed by atoms with Crippen LogP contribution in [-0.4, -0.2) is 59.3 Å². The first-order valence-electron chi connectivity index (χ1n) is 6.67. The van der Waals surface area contributed by atoms with Crippen LogP contribution < -0.4 is 5.32 Å². The molecule has 0 aromatic rings. The van der Waals surface area contributed by atoms with E-state index in [0.29, 0.717) is 13.2 Å². The lowest BCUT2D eigenvalue weighted by molar-refractivity contribution is -0.158. The maximum Gasteiger partial charge on any atom is 0.334 e. The maximum absolute atomic E-state index is 12.2. The van der Waals surface area contributed by atoms with E-state index in [0.717, 1.165) is 6.42 Å². The Hall–Kier alpha value is -1.14. The summed E-state index contributed by atoms with van der Waals surface area (Å²) in [7, 11) is 0. The number of hydrogen-bond donors (Lipinski definition) is 2. The van der Waals surface area contributed by atoms with Gasteiger partial charge in [0.25, 0.3) is 0 Å². The molecule has 2 unspecified atom stereocenters. The van der Waals surface area contributed by atoms with Crippen molar-refractivity contribution in [2.45, 2.75) is 51.8 Å². The van der Waals surface area contributed by atoms with Gasteiger partial charge in [-0.2, -0.15) is 0 Å². The van der Waals surface area contributed by atoms with E-state index in [1.54, 1.807) is 6.92 Å². The molecule has 0 aromatic heterocycles. The van der Waals surface area contributed by atoms with Crippen molar-refractivity contribution in [3.8, 4) is 0 Å². The quantitative estimate of drug-likeness (QED) is 0.760.